The summed E-state index contributed by atoms with van der Waals surface area (Å²) in [4.78, 5) is 68.4. The van der Waals surface area contributed by atoms with Crippen LogP contribution in [0, 0.1) is 6.92 Å². The summed E-state index contributed by atoms with van der Waals surface area (Å²) in [5.41, 5.74) is 5.91. The van der Waals surface area contributed by atoms with Crippen LogP contribution in [0.1, 0.15) is 91.0 Å². The Bertz CT molecular complexity index is 1360. The smallest absolute Gasteiger partial charge is 0.408 e. The molecule has 0 bridgehead atoms. The van der Waals surface area contributed by atoms with Gasteiger partial charge in [-0.2, -0.15) is 0 Å². The van der Waals surface area contributed by atoms with E-state index in [1.165, 1.54) is 4.90 Å². The summed E-state index contributed by atoms with van der Waals surface area (Å²) in [5, 5.41) is 5.34. The lowest BCUT2D eigenvalue weighted by molar-refractivity contribution is -0.159. The molecule has 4 unspecified atom stereocenters. The third-order valence-electron chi connectivity index (χ3n) is 6.89. The van der Waals surface area contributed by atoms with E-state index in [-0.39, 0.29) is 6.42 Å². The van der Waals surface area contributed by atoms with Crippen LogP contribution in [-0.2, 0) is 35.1 Å². The molecule has 11 nitrogen and oxygen atoms in total. The van der Waals surface area contributed by atoms with Crippen molar-refractivity contribution in [2.75, 3.05) is 0 Å². The molecule has 0 aliphatic rings. The van der Waals surface area contributed by atoms with Crippen LogP contribution in [0.15, 0.2) is 54.6 Å². The number of nitrogens with zero attached hydrogens (tertiary/aromatic N) is 1. The molecule has 11 heteroatoms. The first-order valence-corrected chi connectivity index (χ1v) is 15.5. The van der Waals surface area contributed by atoms with E-state index in [4.69, 9.17) is 15.2 Å². The molecule has 0 spiro atoms. The Hall–Kier alpha value is -4.41. The highest BCUT2D eigenvalue weighted by atomic mass is 16.6. The van der Waals surface area contributed by atoms with Gasteiger partial charge in [-0.3, -0.25) is 14.4 Å². The first-order chi connectivity index (χ1) is 21.3. The number of aryl methyl sites for hydroxylation is 1. The molecule has 0 saturated heterocycles. The summed E-state index contributed by atoms with van der Waals surface area (Å²) < 4.78 is 11.0. The third kappa shape index (κ3) is 12.2. The minimum Gasteiger partial charge on any atom is -0.458 e. The van der Waals surface area contributed by atoms with Crippen LogP contribution in [0.4, 0.5) is 4.79 Å². The van der Waals surface area contributed by atoms with Crippen molar-refractivity contribution in [3.63, 3.8) is 0 Å². The van der Waals surface area contributed by atoms with E-state index in [9.17, 15) is 24.0 Å². The van der Waals surface area contributed by atoms with Crippen molar-refractivity contribution in [2.24, 2.45) is 5.73 Å². The van der Waals surface area contributed by atoms with Gasteiger partial charge in [0, 0.05) is 12.5 Å². The second-order valence-corrected chi connectivity index (χ2v) is 13.5. The van der Waals surface area contributed by atoms with Gasteiger partial charge in [0.15, 0.2) is 0 Å². The summed E-state index contributed by atoms with van der Waals surface area (Å²) in [6.45, 7) is 15.7. The molecule has 4 amide bonds. The number of carbonyl (C=O) groups excluding carboxylic acids is 5. The summed E-state index contributed by atoms with van der Waals surface area (Å²) in [7, 11) is 0. The number of rotatable bonds is 13. The molecular weight excluding hydrogens is 588 g/mol. The summed E-state index contributed by atoms with van der Waals surface area (Å²) >= 11 is 0. The predicted molar refractivity (Wildman–Crippen MR) is 175 cm³/mol. The lowest BCUT2D eigenvalue weighted by atomic mass is 9.97. The van der Waals surface area contributed by atoms with E-state index in [1.807, 2.05) is 50.2 Å². The van der Waals surface area contributed by atoms with E-state index in [2.05, 4.69) is 10.6 Å². The molecule has 0 fully saturated rings. The number of ether oxygens (including phenoxy) is 2. The van der Waals surface area contributed by atoms with Crippen LogP contribution in [0.5, 0.6) is 0 Å². The molecule has 0 aliphatic heterocycles. The quantitative estimate of drug-likeness (QED) is 0.273. The van der Waals surface area contributed by atoms with Crippen LogP contribution >= 0.6 is 0 Å². The molecule has 0 heterocycles. The molecule has 252 valence electrons. The normalized spacial score (nSPS) is 14.2. The molecule has 2 rings (SSSR count). The van der Waals surface area contributed by atoms with E-state index < -0.39 is 71.6 Å². The molecular formula is C35H50N4O7. The zero-order valence-corrected chi connectivity index (χ0v) is 28.5. The first kappa shape index (κ1) is 37.8. The fourth-order valence-electron chi connectivity index (χ4n) is 4.77. The van der Waals surface area contributed by atoms with Gasteiger partial charge in [0.2, 0.25) is 17.7 Å². The highest BCUT2D eigenvalue weighted by Gasteiger charge is 2.40. The SMILES string of the molecule is CCC(C)N(C(=O)C(CC(N)=O)NC(=O)OC(C)(C)C)C(C(=O)NC(Cc1ccccc1)C(=O)OC(C)(C)C)c1cccc(C)c1. The van der Waals surface area contributed by atoms with E-state index in [0.717, 1.165) is 11.1 Å². The second-order valence-electron chi connectivity index (χ2n) is 13.5. The first-order valence-electron chi connectivity index (χ1n) is 15.5. The lowest BCUT2D eigenvalue weighted by Crippen LogP contribution is -2.57. The number of hydrogen-bond donors (Lipinski definition) is 3. The van der Waals surface area contributed by atoms with Gasteiger partial charge < -0.3 is 30.7 Å². The third-order valence-corrected chi connectivity index (χ3v) is 6.89. The highest BCUT2D eigenvalue weighted by Crippen LogP contribution is 2.28. The van der Waals surface area contributed by atoms with Gasteiger partial charge >= 0.3 is 12.1 Å². The fourth-order valence-corrected chi connectivity index (χ4v) is 4.77. The maximum atomic E-state index is 14.4. The van der Waals surface area contributed by atoms with Gasteiger partial charge in [0.25, 0.3) is 0 Å². The number of alkyl carbamates (subject to hydrolysis) is 1. The molecule has 2 aromatic carbocycles. The zero-order valence-electron chi connectivity index (χ0n) is 28.5. The maximum Gasteiger partial charge on any atom is 0.408 e. The topological polar surface area (TPSA) is 157 Å². The van der Waals surface area contributed by atoms with Crippen molar-refractivity contribution in [3.05, 3.63) is 71.3 Å². The minimum absolute atomic E-state index is 0.143. The average molecular weight is 639 g/mol. The number of amides is 4. The largest absolute Gasteiger partial charge is 0.458 e. The zero-order chi connectivity index (χ0) is 34.8. The van der Waals surface area contributed by atoms with Crippen LogP contribution in [0.2, 0.25) is 0 Å². The lowest BCUT2D eigenvalue weighted by Gasteiger charge is -2.38. The molecule has 2 aromatic rings. The molecule has 0 aromatic heterocycles. The van der Waals surface area contributed by atoms with Gasteiger partial charge in [-0.25, -0.2) is 9.59 Å². The summed E-state index contributed by atoms with van der Waals surface area (Å²) in [6.07, 6.45) is -0.872. The second kappa shape index (κ2) is 16.2. The van der Waals surface area contributed by atoms with Crippen LogP contribution in [0.3, 0.4) is 0 Å². The molecule has 4 N–H and O–H groups in total. The number of nitrogens with one attached hydrogen (secondary N) is 2. The monoisotopic (exact) mass is 638 g/mol. The Morgan fingerprint density at radius 2 is 1.46 bits per heavy atom. The fraction of sp³-hybridized carbons (Fsp3) is 0.514. The Kier molecular flexibility index (Phi) is 13.3. The average Bonchev–Trinajstić information content (AvgIpc) is 2.92. The van der Waals surface area contributed by atoms with Gasteiger partial charge in [-0.05, 0) is 72.9 Å². The van der Waals surface area contributed by atoms with Crippen LogP contribution in [0.25, 0.3) is 0 Å². The van der Waals surface area contributed by atoms with Crippen LogP contribution in [-0.4, -0.2) is 64.0 Å². The van der Waals surface area contributed by atoms with Crippen molar-refractivity contribution in [1.29, 1.82) is 0 Å². The standard InChI is InChI=1S/C35H50N4O7/c1-10-23(3)39(31(42)26(21-28(36)40)38-33(44)46-35(7,8)9)29(25-18-14-15-22(2)19-25)30(41)37-27(32(43)45-34(4,5)6)20-24-16-12-11-13-17-24/h11-19,23,26-27,29H,10,20-21H2,1-9H3,(H2,36,40)(H,37,41)(H,38,44). The number of primary amides is 1. The maximum absolute atomic E-state index is 14.4. The van der Waals surface area contributed by atoms with Gasteiger partial charge in [0.1, 0.15) is 29.3 Å². The summed E-state index contributed by atoms with van der Waals surface area (Å²) in [5.74, 6) is -2.81. The van der Waals surface area contributed by atoms with Gasteiger partial charge in [-0.15, -0.1) is 0 Å². The van der Waals surface area contributed by atoms with Gasteiger partial charge in [0.05, 0.1) is 6.42 Å². The van der Waals surface area contributed by atoms with Crippen molar-refractivity contribution < 1.29 is 33.4 Å². The Labute approximate surface area is 272 Å². The van der Waals surface area contributed by atoms with E-state index in [1.54, 1.807) is 66.7 Å². The predicted octanol–water partition coefficient (Wildman–Crippen LogP) is 4.50. The van der Waals surface area contributed by atoms with Crippen molar-refractivity contribution in [1.82, 2.24) is 15.5 Å². The van der Waals surface area contributed by atoms with Crippen LogP contribution < -0.4 is 16.4 Å². The molecule has 0 saturated carbocycles. The molecule has 46 heavy (non-hydrogen) atoms. The van der Waals surface area contributed by atoms with Crippen molar-refractivity contribution in [3.8, 4) is 0 Å². The Balaban J connectivity index is 2.64. The number of carbonyl (C=O) groups is 5. The Morgan fingerprint density at radius 1 is 0.848 bits per heavy atom. The number of hydrogen-bond acceptors (Lipinski definition) is 7. The Morgan fingerprint density at radius 3 is 1.98 bits per heavy atom. The molecule has 0 radical (unpaired) electrons. The van der Waals surface area contributed by atoms with Crippen molar-refractivity contribution in [2.45, 2.75) is 117 Å². The number of esters is 1. The van der Waals surface area contributed by atoms with Crippen molar-refractivity contribution >= 4 is 29.8 Å². The van der Waals surface area contributed by atoms with E-state index >= 15 is 0 Å². The number of benzene rings is 2. The van der Waals surface area contributed by atoms with E-state index in [0.29, 0.717) is 12.0 Å². The highest BCUT2D eigenvalue weighted by molar-refractivity contribution is 5.96. The summed E-state index contributed by atoms with van der Waals surface area (Å²) in [6, 6.07) is 12.0. The number of nitrogens with two attached hydrogens (primary N) is 1. The minimum atomic E-state index is -1.42. The van der Waals surface area contributed by atoms with Gasteiger partial charge in [-0.1, -0.05) is 67.1 Å². The molecule has 0 aliphatic carbocycles. The molecule has 4 atom stereocenters.